The van der Waals surface area contributed by atoms with Gasteiger partial charge in [0.1, 0.15) is 5.82 Å². The summed E-state index contributed by atoms with van der Waals surface area (Å²) in [7, 11) is -1.43. The van der Waals surface area contributed by atoms with E-state index in [4.69, 9.17) is 5.73 Å². The number of nitrogen functional groups attached to an aromatic ring is 1. The third kappa shape index (κ3) is 2.89. The highest BCUT2D eigenvalue weighted by Crippen LogP contribution is 2.19. The fourth-order valence-corrected chi connectivity index (χ4v) is 3.17. The number of nitrogens with two attached hydrogens (primary N) is 1. The zero-order valence-electron chi connectivity index (χ0n) is 9.14. The van der Waals surface area contributed by atoms with Gasteiger partial charge < -0.3 is 5.73 Å². The normalized spacial score (nSPS) is 12.6. The first kappa shape index (κ1) is 12.2. The molecule has 0 aliphatic carbocycles. The predicted molar refractivity (Wildman–Crippen MR) is 67.8 cm³/mol. The lowest BCUT2D eigenvalue weighted by molar-refractivity contribution is 0.596. The number of hydrogen-bond acceptors (Lipinski definition) is 4. The molecule has 0 radical (unpaired) electrons. The first-order chi connectivity index (χ1) is 8.06. The molecule has 2 rings (SSSR count). The number of hydrogen-bond donors (Lipinski definition) is 1. The summed E-state index contributed by atoms with van der Waals surface area (Å²) in [6.07, 6.45) is 0. The molecule has 1 aromatic heterocycles. The van der Waals surface area contributed by atoms with Crippen LogP contribution in [0.25, 0.3) is 0 Å². The summed E-state index contributed by atoms with van der Waals surface area (Å²) in [4.78, 5) is 4.37. The second-order valence-corrected chi connectivity index (χ2v) is 6.02. The van der Waals surface area contributed by atoms with Crippen LogP contribution < -0.4 is 5.73 Å². The summed E-state index contributed by atoms with van der Waals surface area (Å²) in [6, 6.07) is 4.18. The minimum atomic E-state index is -1.43. The van der Waals surface area contributed by atoms with Gasteiger partial charge in [-0.1, -0.05) is 0 Å². The molecule has 2 aromatic rings. The highest BCUT2D eigenvalue weighted by molar-refractivity contribution is 7.84. The van der Waals surface area contributed by atoms with Gasteiger partial charge in [-0.3, -0.25) is 4.21 Å². The second-order valence-electron chi connectivity index (χ2n) is 3.54. The zero-order valence-corrected chi connectivity index (χ0v) is 10.8. The molecule has 0 aliphatic heterocycles. The molecule has 2 N–H and O–H groups in total. The van der Waals surface area contributed by atoms with Crippen LogP contribution in [0.5, 0.6) is 0 Å². The lowest BCUT2D eigenvalue weighted by atomic mass is 10.3. The lowest BCUT2D eigenvalue weighted by Crippen LogP contribution is -2.00. The molecule has 3 nitrogen and oxygen atoms in total. The molecule has 90 valence electrons. The van der Waals surface area contributed by atoms with Crippen LogP contribution in [-0.2, 0) is 16.6 Å². The Morgan fingerprint density at radius 2 is 2.29 bits per heavy atom. The lowest BCUT2D eigenvalue weighted by Gasteiger charge is -2.03. The molecule has 1 heterocycles. The van der Waals surface area contributed by atoms with Crippen LogP contribution in [0.3, 0.4) is 0 Å². The largest absolute Gasteiger partial charge is 0.399 e. The van der Waals surface area contributed by atoms with Gasteiger partial charge in [-0.25, -0.2) is 9.37 Å². The minimum Gasteiger partial charge on any atom is -0.399 e. The van der Waals surface area contributed by atoms with Crippen molar-refractivity contribution in [1.29, 1.82) is 0 Å². The first-order valence-corrected chi connectivity index (χ1v) is 7.10. The number of anilines is 1. The van der Waals surface area contributed by atoms with Crippen LogP contribution in [0.15, 0.2) is 28.5 Å². The number of aryl methyl sites for hydroxylation is 1. The molecule has 0 saturated heterocycles. The van der Waals surface area contributed by atoms with Crippen molar-refractivity contribution in [3.8, 4) is 0 Å². The molecular formula is C11H11FN2OS2. The molecule has 0 saturated carbocycles. The first-order valence-electron chi connectivity index (χ1n) is 4.90. The Bertz CT molecular complexity index is 568. The topological polar surface area (TPSA) is 56.0 Å². The number of benzene rings is 1. The maximum absolute atomic E-state index is 13.5. The van der Waals surface area contributed by atoms with Crippen LogP contribution >= 0.6 is 11.3 Å². The van der Waals surface area contributed by atoms with E-state index in [2.05, 4.69) is 4.98 Å². The molecule has 1 atom stereocenters. The summed E-state index contributed by atoms with van der Waals surface area (Å²) in [5.74, 6) is -0.305. The van der Waals surface area contributed by atoms with Crippen molar-refractivity contribution in [1.82, 2.24) is 4.98 Å². The van der Waals surface area contributed by atoms with Gasteiger partial charge in [-0.2, -0.15) is 0 Å². The fourth-order valence-electron chi connectivity index (χ4n) is 1.39. The van der Waals surface area contributed by atoms with Crippen molar-refractivity contribution in [2.24, 2.45) is 0 Å². The van der Waals surface area contributed by atoms with E-state index in [9.17, 15) is 8.60 Å². The number of thiazole rings is 1. The monoisotopic (exact) mass is 270 g/mol. The van der Waals surface area contributed by atoms with Crippen molar-refractivity contribution >= 4 is 27.8 Å². The van der Waals surface area contributed by atoms with Gasteiger partial charge in [0, 0.05) is 11.1 Å². The molecule has 0 spiro atoms. The molecule has 0 bridgehead atoms. The maximum Gasteiger partial charge on any atom is 0.141 e. The standard InChI is InChI=1S/C11H11FN2OS2/c1-7-14-9(5-16-7)6-17(15)11-3-2-8(13)4-10(11)12/h2-5H,6,13H2,1H3. The van der Waals surface area contributed by atoms with E-state index in [1.54, 1.807) is 6.07 Å². The van der Waals surface area contributed by atoms with Gasteiger partial charge in [0.05, 0.1) is 32.1 Å². The molecule has 1 unspecified atom stereocenters. The van der Waals surface area contributed by atoms with Crippen molar-refractivity contribution in [2.75, 3.05) is 5.73 Å². The molecule has 1 aromatic carbocycles. The summed E-state index contributed by atoms with van der Waals surface area (Å²) in [5, 5.41) is 2.75. The number of nitrogens with zero attached hydrogens (tertiary/aromatic N) is 1. The number of aromatic nitrogens is 1. The average Bonchev–Trinajstić information content (AvgIpc) is 2.63. The van der Waals surface area contributed by atoms with E-state index in [0.717, 1.165) is 10.7 Å². The molecule has 17 heavy (non-hydrogen) atoms. The summed E-state index contributed by atoms with van der Waals surface area (Å²) < 4.78 is 25.5. The van der Waals surface area contributed by atoms with Crippen LogP contribution in [0.1, 0.15) is 10.7 Å². The molecule has 0 fully saturated rings. The Morgan fingerprint density at radius 3 is 2.88 bits per heavy atom. The molecule has 0 amide bonds. The third-order valence-corrected chi connectivity index (χ3v) is 4.35. The van der Waals surface area contributed by atoms with Crippen LogP contribution in [0.4, 0.5) is 10.1 Å². The van der Waals surface area contributed by atoms with E-state index < -0.39 is 16.6 Å². The Labute approximate surface area is 105 Å². The highest BCUT2D eigenvalue weighted by Gasteiger charge is 2.12. The van der Waals surface area contributed by atoms with E-state index >= 15 is 0 Å². The minimum absolute atomic E-state index is 0.171. The quantitative estimate of drug-likeness (QED) is 0.872. The summed E-state index contributed by atoms with van der Waals surface area (Å²) in [6.45, 7) is 1.88. The van der Waals surface area contributed by atoms with Gasteiger partial charge in [-0.15, -0.1) is 11.3 Å². The molecular weight excluding hydrogens is 259 g/mol. The zero-order chi connectivity index (χ0) is 12.4. The van der Waals surface area contributed by atoms with E-state index in [0.29, 0.717) is 5.69 Å². The van der Waals surface area contributed by atoms with E-state index in [1.165, 1.54) is 23.5 Å². The van der Waals surface area contributed by atoms with Gasteiger partial charge in [0.25, 0.3) is 0 Å². The molecule has 6 heteroatoms. The third-order valence-electron chi connectivity index (χ3n) is 2.15. The van der Waals surface area contributed by atoms with Gasteiger partial charge in [-0.05, 0) is 25.1 Å². The highest BCUT2D eigenvalue weighted by atomic mass is 32.2. The number of rotatable bonds is 3. The summed E-state index contributed by atoms with van der Waals surface area (Å²) >= 11 is 1.49. The van der Waals surface area contributed by atoms with Gasteiger partial charge >= 0.3 is 0 Å². The van der Waals surface area contributed by atoms with Crippen LogP contribution in [0.2, 0.25) is 0 Å². The Kier molecular flexibility index (Phi) is 3.54. The van der Waals surface area contributed by atoms with E-state index in [1.807, 2.05) is 12.3 Å². The maximum atomic E-state index is 13.5. The SMILES string of the molecule is Cc1nc(CS(=O)c2ccc(N)cc2F)cs1. The van der Waals surface area contributed by atoms with Crippen LogP contribution in [0, 0.1) is 12.7 Å². The van der Waals surface area contributed by atoms with Gasteiger partial charge in [0.15, 0.2) is 0 Å². The fraction of sp³-hybridized carbons (Fsp3) is 0.182. The Morgan fingerprint density at radius 1 is 1.53 bits per heavy atom. The number of halogens is 1. The van der Waals surface area contributed by atoms with Crippen molar-refractivity contribution in [3.63, 3.8) is 0 Å². The van der Waals surface area contributed by atoms with Crippen molar-refractivity contribution in [3.05, 3.63) is 40.1 Å². The van der Waals surface area contributed by atoms with Crippen molar-refractivity contribution in [2.45, 2.75) is 17.6 Å². The molecule has 0 aliphatic rings. The second kappa shape index (κ2) is 4.93. The summed E-state index contributed by atoms with van der Waals surface area (Å²) in [5.41, 5.74) is 6.48. The van der Waals surface area contributed by atoms with E-state index in [-0.39, 0.29) is 10.6 Å². The van der Waals surface area contributed by atoms with Crippen molar-refractivity contribution < 1.29 is 8.60 Å². The predicted octanol–water partition coefficient (Wildman–Crippen LogP) is 2.48. The smallest absolute Gasteiger partial charge is 0.141 e. The van der Waals surface area contributed by atoms with Gasteiger partial charge in [0.2, 0.25) is 0 Å². The van der Waals surface area contributed by atoms with Crippen LogP contribution in [-0.4, -0.2) is 9.19 Å². The average molecular weight is 270 g/mol. The Balaban J connectivity index is 2.20. The Hall–Kier alpha value is -1.27.